The maximum Gasteiger partial charge on any atom is 0.131 e. The van der Waals surface area contributed by atoms with Crippen molar-refractivity contribution < 1.29 is 9.13 Å². The molecule has 0 spiro atoms. The van der Waals surface area contributed by atoms with Crippen LogP contribution in [0.4, 0.5) is 4.39 Å². The van der Waals surface area contributed by atoms with Crippen molar-refractivity contribution in [2.45, 2.75) is 39.0 Å². The van der Waals surface area contributed by atoms with E-state index in [1.165, 1.54) is 42.0 Å². The first kappa shape index (κ1) is 21.1. The molecule has 4 aromatic rings. The predicted octanol–water partition coefficient (Wildman–Crippen LogP) is 8.44. The quantitative estimate of drug-likeness (QED) is 0.264. The molecule has 0 atom stereocenters. The van der Waals surface area contributed by atoms with Crippen molar-refractivity contribution in [1.82, 2.24) is 0 Å². The Hall–Kier alpha value is -3.13. The molecule has 0 aromatic heterocycles. The third kappa shape index (κ3) is 4.96. The molecule has 4 rings (SSSR count). The fourth-order valence-corrected chi connectivity index (χ4v) is 4.09. The molecular weight excluding hydrogens is 383 g/mol. The van der Waals surface area contributed by atoms with E-state index in [1.807, 2.05) is 36.4 Å². The van der Waals surface area contributed by atoms with E-state index in [-0.39, 0.29) is 5.82 Å². The van der Waals surface area contributed by atoms with Crippen LogP contribution in [0.25, 0.3) is 33.0 Å². The Morgan fingerprint density at radius 1 is 0.677 bits per heavy atom. The molecule has 0 aliphatic rings. The Bertz CT molecular complexity index is 1160. The molecule has 0 aliphatic carbocycles. The Labute approximate surface area is 184 Å². The van der Waals surface area contributed by atoms with E-state index in [4.69, 9.17) is 4.74 Å². The molecule has 0 radical (unpaired) electrons. The van der Waals surface area contributed by atoms with E-state index >= 15 is 0 Å². The minimum atomic E-state index is -0.217. The molecule has 158 valence electrons. The molecule has 0 saturated carbocycles. The van der Waals surface area contributed by atoms with Gasteiger partial charge < -0.3 is 4.74 Å². The lowest BCUT2D eigenvalue weighted by Gasteiger charge is -2.09. The smallest absolute Gasteiger partial charge is 0.131 e. The lowest BCUT2D eigenvalue weighted by atomic mass is 9.96. The summed E-state index contributed by atoms with van der Waals surface area (Å²) in [4.78, 5) is 0. The van der Waals surface area contributed by atoms with E-state index in [2.05, 4.69) is 43.3 Å². The molecule has 31 heavy (non-hydrogen) atoms. The number of methoxy groups -OCH3 is 1. The highest BCUT2D eigenvalue weighted by Crippen LogP contribution is 2.31. The number of hydrogen-bond acceptors (Lipinski definition) is 1. The number of halogens is 1. The number of fused-ring (bicyclic) bond motifs is 1. The zero-order chi connectivity index (χ0) is 21.6. The van der Waals surface area contributed by atoms with Crippen LogP contribution in [-0.2, 0) is 6.42 Å². The SMILES string of the molecule is CCCCCCc1ccc2cc(-c3ccc(-c4ccc(OC)cc4)c(F)c3)ccc2c1. The van der Waals surface area contributed by atoms with Gasteiger partial charge in [0, 0.05) is 5.56 Å². The van der Waals surface area contributed by atoms with Gasteiger partial charge in [0.05, 0.1) is 7.11 Å². The molecule has 0 aliphatic heterocycles. The summed E-state index contributed by atoms with van der Waals surface area (Å²) in [6.45, 7) is 2.24. The van der Waals surface area contributed by atoms with E-state index < -0.39 is 0 Å². The average Bonchev–Trinajstić information content (AvgIpc) is 2.81. The summed E-state index contributed by atoms with van der Waals surface area (Å²) in [5.74, 6) is 0.547. The lowest BCUT2D eigenvalue weighted by molar-refractivity contribution is 0.415. The molecule has 1 nitrogen and oxygen atoms in total. The minimum absolute atomic E-state index is 0.217. The maximum atomic E-state index is 14.9. The molecular formula is C29H29FO. The van der Waals surface area contributed by atoms with E-state index in [9.17, 15) is 4.39 Å². The monoisotopic (exact) mass is 412 g/mol. The number of ether oxygens (including phenoxy) is 1. The van der Waals surface area contributed by atoms with Crippen molar-refractivity contribution in [3.8, 4) is 28.0 Å². The van der Waals surface area contributed by atoms with E-state index in [0.29, 0.717) is 5.56 Å². The lowest BCUT2D eigenvalue weighted by Crippen LogP contribution is -1.89. The number of hydrogen-bond donors (Lipinski definition) is 0. The fourth-order valence-electron chi connectivity index (χ4n) is 4.09. The summed E-state index contributed by atoms with van der Waals surface area (Å²) in [5.41, 5.74) is 4.75. The second-order valence-electron chi connectivity index (χ2n) is 8.13. The highest BCUT2D eigenvalue weighted by molar-refractivity contribution is 5.88. The van der Waals surface area contributed by atoms with Gasteiger partial charge in [-0.05, 0) is 70.1 Å². The Morgan fingerprint density at radius 3 is 2.10 bits per heavy atom. The third-order valence-electron chi connectivity index (χ3n) is 5.93. The van der Waals surface area contributed by atoms with Crippen LogP contribution in [0.3, 0.4) is 0 Å². The Balaban J connectivity index is 1.55. The summed E-state index contributed by atoms with van der Waals surface area (Å²) >= 11 is 0. The topological polar surface area (TPSA) is 9.23 Å². The highest BCUT2D eigenvalue weighted by atomic mass is 19.1. The van der Waals surface area contributed by atoms with Gasteiger partial charge in [-0.25, -0.2) is 4.39 Å². The summed E-state index contributed by atoms with van der Waals surface area (Å²) in [6.07, 6.45) is 6.26. The van der Waals surface area contributed by atoms with Crippen LogP contribution in [0.5, 0.6) is 5.75 Å². The van der Waals surface area contributed by atoms with E-state index in [1.54, 1.807) is 13.2 Å². The van der Waals surface area contributed by atoms with Crippen LogP contribution in [-0.4, -0.2) is 7.11 Å². The predicted molar refractivity (Wildman–Crippen MR) is 129 cm³/mol. The summed E-state index contributed by atoms with van der Waals surface area (Å²) in [5, 5.41) is 2.43. The fraction of sp³-hybridized carbons (Fsp3) is 0.241. The Morgan fingerprint density at radius 2 is 1.35 bits per heavy atom. The Kier molecular flexibility index (Phi) is 6.66. The molecule has 0 fully saturated rings. The molecule has 0 saturated heterocycles. The number of benzene rings is 4. The van der Waals surface area contributed by atoms with Crippen LogP contribution in [0.2, 0.25) is 0 Å². The minimum Gasteiger partial charge on any atom is -0.497 e. The van der Waals surface area contributed by atoms with Gasteiger partial charge in [-0.15, -0.1) is 0 Å². The number of aryl methyl sites for hydroxylation is 1. The highest BCUT2D eigenvalue weighted by Gasteiger charge is 2.09. The molecule has 0 heterocycles. The molecule has 0 N–H and O–H groups in total. The average molecular weight is 413 g/mol. The van der Waals surface area contributed by atoms with Crippen molar-refractivity contribution >= 4 is 10.8 Å². The second kappa shape index (κ2) is 9.78. The zero-order valence-corrected chi connectivity index (χ0v) is 18.3. The van der Waals surface area contributed by atoms with Crippen molar-refractivity contribution in [3.63, 3.8) is 0 Å². The van der Waals surface area contributed by atoms with Crippen LogP contribution in [0.1, 0.15) is 38.2 Å². The van der Waals surface area contributed by atoms with Crippen LogP contribution < -0.4 is 4.74 Å². The first-order chi connectivity index (χ1) is 15.2. The van der Waals surface area contributed by atoms with E-state index in [0.717, 1.165) is 28.9 Å². The van der Waals surface area contributed by atoms with Crippen molar-refractivity contribution in [1.29, 1.82) is 0 Å². The van der Waals surface area contributed by atoms with Crippen molar-refractivity contribution in [3.05, 3.63) is 90.2 Å². The van der Waals surface area contributed by atoms with Gasteiger partial charge in [-0.1, -0.05) is 80.8 Å². The summed E-state index contributed by atoms with van der Waals surface area (Å²) in [6, 6.07) is 26.0. The molecule has 0 bridgehead atoms. The first-order valence-electron chi connectivity index (χ1n) is 11.1. The second-order valence-corrected chi connectivity index (χ2v) is 8.13. The third-order valence-corrected chi connectivity index (χ3v) is 5.93. The largest absolute Gasteiger partial charge is 0.497 e. The molecule has 0 amide bonds. The normalized spacial score (nSPS) is 11.1. The number of rotatable bonds is 8. The molecule has 4 aromatic carbocycles. The first-order valence-corrected chi connectivity index (χ1v) is 11.1. The van der Waals surface area contributed by atoms with Gasteiger partial charge in [0.1, 0.15) is 11.6 Å². The van der Waals surface area contributed by atoms with Gasteiger partial charge in [0.2, 0.25) is 0 Å². The maximum absolute atomic E-state index is 14.9. The van der Waals surface area contributed by atoms with Crippen LogP contribution >= 0.6 is 0 Å². The number of unbranched alkanes of at least 4 members (excludes halogenated alkanes) is 3. The van der Waals surface area contributed by atoms with Crippen LogP contribution in [0, 0.1) is 5.82 Å². The molecule has 2 heteroatoms. The van der Waals surface area contributed by atoms with Gasteiger partial charge >= 0.3 is 0 Å². The standard InChI is InChI=1S/C29H29FO/c1-3-4-5-6-7-21-8-9-24-19-25(11-10-23(24)18-21)26-14-17-28(29(30)20-26)22-12-15-27(31-2)16-13-22/h8-20H,3-7H2,1-2H3. The van der Waals surface area contributed by atoms with Crippen molar-refractivity contribution in [2.24, 2.45) is 0 Å². The summed E-state index contributed by atoms with van der Waals surface area (Å²) in [7, 11) is 1.63. The zero-order valence-electron chi connectivity index (χ0n) is 18.3. The van der Waals surface area contributed by atoms with Crippen LogP contribution in [0.15, 0.2) is 78.9 Å². The van der Waals surface area contributed by atoms with Crippen molar-refractivity contribution in [2.75, 3.05) is 7.11 Å². The summed E-state index contributed by atoms with van der Waals surface area (Å²) < 4.78 is 20.1. The van der Waals surface area contributed by atoms with Gasteiger partial charge in [0.15, 0.2) is 0 Å². The van der Waals surface area contributed by atoms with Gasteiger partial charge in [0.25, 0.3) is 0 Å². The van der Waals surface area contributed by atoms with Gasteiger partial charge in [-0.2, -0.15) is 0 Å². The molecule has 0 unspecified atom stereocenters. The van der Waals surface area contributed by atoms with Gasteiger partial charge in [-0.3, -0.25) is 0 Å².